The fraction of sp³-hybridized carbons (Fsp3) is 0.167. The number of nitrogens with one attached hydrogen (secondary N) is 1. The molecule has 1 amide bonds. The Morgan fingerprint density at radius 1 is 1.00 bits per heavy atom. The van der Waals surface area contributed by atoms with Crippen molar-refractivity contribution in [2.75, 3.05) is 19.0 Å². The number of nitro benzene ring substituents is 1. The van der Waals surface area contributed by atoms with Crippen LogP contribution in [0.4, 0.5) is 11.4 Å². The average molecular weight is 450 g/mol. The van der Waals surface area contributed by atoms with Gasteiger partial charge in [-0.15, -0.1) is 0 Å². The number of hydrogen-bond donors (Lipinski definition) is 1. The third kappa shape index (κ3) is 6.07. The number of ether oxygens (including phenoxy) is 3. The molecule has 0 aliphatic heterocycles. The van der Waals surface area contributed by atoms with Gasteiger partial charge in [-0.25, -0.2) is 4.79 Å². The Morgan fingerprint density at radius 2 is 1.70 bits per heavy atom. The first-order valence-corrected chi connectivity index (χ1v) is 9.95. The number of nitro groups is 1. The lowest BCUT2D eigenvalue weighted by molar-refractivity contribution is -0.385. The molecule has 3 aromatic rings. The van der Waals surface area contributed by atoms with Crippen molar-refractivity contribution < 1.29 is 28.7 Å². The van der Waals surface area contributed by atoms with Crippen LogP contribution in [0.15, 0.2) is 72.8 Å². The van der Waals surface area contributed by atoms with Crippen LogP contribution in [-0.4, -0.2) is 30.5 Å². The van der Waals surface area contributed by atoms with Gasteiger partial charge < -0.3 is 19.5 Å². The Kier molecular flexibility index (Phi) is 7.59. The van der Waals surface area contributed by atoms with Gasteiger partial charge in [0.2, 0.25) is 6.10 Å². The van der Waals surface area contributed by atoms with Gasteiger partial charge in [0.1, 0.15) is 5.75 Å². The van der Waals surface area contributed by atoms with Crippen LogP contribution in [0, 0.1) is 17.0 Å². The van der Waals surface area contributed by atoms with Crippen molar-refractivity contribution in [2.24, 2.45) is 0 Å². The maximum Gasteiger partial charge on any atom is 0.345 e. The highest BCUT2D eigenvalue weighted by Crippen LogP contribution is 2.28. The first kappa shape index (κ1) is 23.3. The van der Waals surface area contributed by atoms with E-state index < -0.39 is 29.5 Å². The Labute approximate surface area is 190 Å². The van der Waals surface area contributed by atoms with Crippen molar-refractivity contribution in [1.82, 2.24) is 0 Å². The molecule has 3 aromatic carbocycles. The number of hydrogen-bond acceptors (Lipinski definition) is 7. The zero-order valence-corrected chi connectivity index (χ0v) is 18.0. The molecular formula is C24H22N2O7. The fourth-order valence-corrected chi connectivity index (χ4v) is 3.05. The number of aryl methyl sites for hydroxylation is 1. The minimum Gasteiger partial charge on any atom is -0.495 e. The van der Waals surface area contributed by atoms with Crippen LogP contribution in [-0.2, 0) is 14.3 Å². The summed E-state index contributed by atoms with van der Waals surface area (Å²) >= 11 is 0. The second-order valence-corrected chi connectivity index (χ2v) is 6.99. The quantitative estimate of drug-likeness (QED) is 0.295. The van der Waals surface area contributed by atoms with E-state index in [1.165, 1.54) is 25.3 Å². The number of esters is 1. The van der Waals surface area contributed by atoms with Crippen LogP contribution in [0.3, 0.4) is 0 Å². The summed E-state index contributed by atoms with van der Waals surface area (Å²) in [6.45, 7) is 1.25. The summed E-state index contributed by atoms with van der Waals surface area (Å²) in [4.78, 5) is 36.1. The Balaban J connectivity index is 1.76. The second-order valence-electron chi connectivity index (χ2n) is 6.99. The van der Waals surface area contributed by atoms with Crippen LogP contribution in [0.2, 0.25) is 0 Å². The number of carbonyl (C=O) groups excluding carboxylic acids is 2. The zero-order valence-electron chi connectivity index (χ0n) is 18.0. The molecule has 0 saturated heterocycles. The zero-order chi connectivity index (χ0) is 23.8. The van der Waals surface area contributed by atoms with Crippen molar-refractivity contribution in [2.45, 2.75) is 13.0 Å². The lowest BCUT2D eigenvalue weighted by Gasteiger charge is -2.19. The molecule has 170 valence electrons. The summed E-state index contributed by atoms with van der Waals surface area (Å²) in [5.74, 6) is -1.09. The highest BCUT2D eigenvalue weighted by molar-refractivity contribution is 5.97. The number of anilines is 1. The molecule has 9 heteroatoms. The van der Waals surface area contributed by atoms with Gasteiger partial charge in [-0.1, -0.05) is 48.5 Å². The second kappa shape index (κ2) is 10.8. The lowest BCUT2D eigenvalue weighted by Crippen LogP contribution is -2.28. The molecule has 1 atom stereocenters. The standard InChI is InChI=1S/C24H22N2O7/c1-16-12-13-20(31-2)18(14-16)25-24(28)23(17-8-4-3-5-9-17)33-22(27)15-32-21-11-7-6-10-19(21)26(29)30/h3-14,23H,15H2,1-2H3,(H,25,28)/t23-/m0/s1. The molecule has 0 unspecified atom stereocenters. The smallest absolute Gasteiger partial charge is 0.345 e. The van der Waals surface area contributed by atoms with E-state index in [-0.39, 0.29) is 11.4 Å². The lowest BCUT2D eigenvalue weighted by atomic mass is 10.1. The molecule has 0 saturated carbocycles. The minimum atomic E-state index is -1.28. The maximum atomic E-state index is 13.1. The predicted octanol–water partition coefficient (Wildman–Crippen LogP) is 4.21. The van der Waals surface area contributed by atoms with Gasteiger partial charge in [0, 0.05) is 11.6 Å². The molecule has 0 spiro atoms. The molecule has 0 fully saturated rings. The Bertz CT molecular complexity index is 1150. The number of methoxy groups -OCH3 is 1. The maximum absolute atomic E-state index is 13.1. The van der Waals surface area contributed by atoms with Crippen LogP contribution in [0.1, 0.15) is 17.2 Å². The van der Waals surface area contributed by atoms with Crippen molar-refractivity contribution in [3.05, 3.63) is 94.0 Å². The van der Waals surface area contributed by atoms with Crippen molar-refractivity contribution in [3.8, 4) is 11.5 Å². The molecule has 9 nitrogen and oxygen atoms in total. The first-order chi connectivity index (χ1) is 15.9. The highest BCUT2D eigenvalue weighted by Gasteiger charge is 2.26. The molecule has 3 rings (SSSR count). The van der Waals surface area contributed by atoms with Gasteiger partial charge in [-0.2, -0.15) is 0 Å². The molecule has 1 N–H and O–H groups in total. The van der Waals surface area contributed by atoms with E-state index in [0.29, 0.717) is 17.0 Å². The average Bonchev–Trinajstić information content (AvgIpc) is 2.82. The predicted molar refractivity (Wildman–Crippen MR) is 120 cm³/mol. The van der Waals surface area contributed by atoms with Gasteiger partial charge in [-0.3, -0.25) is 14.9 Å². The summed E-state index contributed by atoms with van der Waals surface area (Å²) in [5, 5.41) is 13.8. The SMILES string of the molecule is COc1ccc(C)cc1NC(=O)[C@@H](OC(=O)COc1ccccc1[N+](=O)[O-])c1ccccc1. The number of carbonyl (C=O) groups is 2. The molecule has 33 heavy (non-hydrogen) atoms. The summed E-state index contributed by atoms with van der Waals surface area (Å²) in [6.07, 6.45) is -1.28. The monoisotopic (exact) mass is 450 g/mol. The van der Waals surface area contributed by atoms with Gasteiger partial charge >= 0.3 is 11.7 Å². The summed E-state index contributed by atoms with van der Waals surface area (Å²) in [5.41, 5.74) is 1.49. The number of nitrogens with zero attached hydrogens (tertiary/aromatic N) is 1. The summed E-state index contributed by atoms with van der Waals surface area (Å²) in [6, 6.07) is 19.4. The van der Waals surface area contributed by atoms with E-state index in [4.69, 9.17) is 14.2 Å². The van der Waals surface area contributed by atoms with Gasteiger partial charge in [0.15, 0.2) is 12.4 Å². The first-order valence-electron chi connectivity index (χ1n) is 9.95. The molecule has 0 aliphatic carbocycles. The number of rotatable bonds is 9. The molecule has 0 aromatic heterocycles. The normalized spacial score (nSPS) is 11.2. The molecule has 0 bridgehead atoms. The van der Waals surface area contributed by atoms with Crippen LogP contribution in [0.5, 0.6) is 11.5 Å². The van der Waals surface area contributed by atoms with E-state index in [1.807, 2.05) is 13.0 Å². The molecular weight excluding hydrogens is 428 g/mol. The largest absolute Gasteiger partial charge is 0.495 e. The molecule has 0 heterocycles. The summed E-state index contributed by atoms with van der Waals surface area (Å²) in [7, 11) is 1.48. The number of para-hydroxylation sites is 2. The third-order valence-electron chi connectivity index (χ3n) is 4.61. The van der Waals surface area contributed by atoms with Crippen molar-refractivity contribution >= 4 is 23.3 Å². The minimum absolute atomic E-state index is 0.0790. The number of amides is 1. The van der Waals surface area contributed by atoms with E-state index in [2.05, 4.69) is 5.32 Å². The van der Waals surface area contributed by atoms with Gasteiger partial charge in [-0.05, 0) is 30.7 Å². The number of benzene rings is 3. The third-order valence-corrected chi connectivity index (χ3v) is 4.61. The fourth-order valence-electron chi connectivity index (χ4n) is 3.05. The Hall–Kier alpha value is -4.40. The van der Waals surface area contributed by atoms with Gasteiger partial charge in [0.25, 0.3) is 5.91 Å². The van der Waals surface area contributed by atoms with E-state index in [1.54, 1.807) is 48.5 Å². The van der Waals surface area contributed by atoms with Gasteiger partial charge in [0.05, 0.1) is 17.7 Å². The van der Waals surface area contributed by atoms with E-state index >= 15 is 0 Å². The molecule has 0 aliphatic rings. The molecule has 0 radical (unpaired) electrons. The topological polar surface area (TPSA) is 117 Å². The van der Waals surface area contributed by atoms with Crippen LogP contribution >= 0.6 is 0 Å². The van der Waals surface area contributed by atoms with Crippen LogP contribution < -0.4 is 14.8 Å². The van der Waals surface area contributed by atoms with E-state index in [9.17, 15) is 19.7 Å². The van der Waals surface area contributed by atoms with Crippen molar-refractivity contribution in [1.29, 1.82) is 0 Å². The van der Waals surface area contributed by atoms with Crippen molar-refractivity contribution in [3.63, 3.8) is 0 Å². The Morgan fingerprint density at radius 3 is 2.39 bits per heavy atom. The summed E-state index contributed by atoms with van der Waals surface area (Å²) < 4.78 is 16.0. The van der Waals surface area contributed by atoms with Crippen LogP contribution in [0.25, 0.3) is 0 Å². The highest BCUT2D eigenvalue weighted by atomic mass is 16.6. The van der Waals surface area contributed by atoms with E-state index in [0.717, 1.165) is 5.56 Å².